The zero-order valence-corrected chi connectivity index (χ0v) is 19.0. The van der Waals surface area contributed by atoms with Gasteiger partial charge in [-0.2, -0.15) is 0 Å². The molecule has 6 rings (SSSR count). The average Bonchev–Trinajstić information content (AvgIpc) is 3.24. The fraction of sp³-hybridized carbons (Fsp3) is 0.0769. The van der Waals surface area contributed by atoms with Gasteiger partial charge >= 0.3 is 186 Å². The molecule has 0 atom stereocenters. The van der Waals surface area contributed by atoms with Gasteiger partial charge in [0.2, 0.25) is 0 Å². The Morgan fingerprint density at radius 1 is 0.567 bits per heavy atom. The van der Waals surface area contributed by atoms with Crippen LogP contribution in [0.15, 0.2) is 84.9 Å². The standard InChI is InChI=1S/C26H21IN3/c1-29-24-10-6-4-8-20(24)22-15-17(11-14-25(22)29)27-28-18-12-13-21-19-7-3-5-9-23(19)30(2)26(21)16-18/h3-16,28H,1-2H3/q-1. The molecule has 2 aromatic heterocycles. The van der Waals surface area contributed by atoms with Gasteiger partial charge in [0.05, 0.1) is 0 Å². The number of halogens is 1. The molecule has 1 N–H and O–H groups in total. The van der Waals surface area contributed by atoms with E-state index in [0.29, 0.717) is 0 Å². The summed E-state index contributed by atoms with van der Waals surface area (Å²) in [4.78, 5) is 0. The molecule has 0 unspecified atom stereocenters. The first-order valence-corrected chi connectivity index (χ1v) is 12.2. The fourth-order valence-corrected chi connectivity index (χ4v) is 6.31. The predicted molar refractivity (Wildman–Crippen MR) is 123 cm³/mol. The van der Waals surface area contributed by atoms with Crippen molar-refractivity contribution in [1.82, 2.24) is 9.13 Å². The number of hydrogen-bond donors (Lipinski definition) is 1. The van der Waals surface area contributed by atoms with Crippen molar-refractivity contribution in [3.63, 3.8) is 0 Å². The molecule has 3 nitrogen and oxygen atoms in total. The molecule has 2 heterocycles. The monoisotopic (exact) mass is 502 g/mol. The van der Waals surface area contributed by atoms with E-state index in [1.807, 2.05) is 0 Å². The van der Waals surface area contributed by atoms with E-state index in [2.05, 4.69) is 112 Å². The number of aryl methyl sites for hydroxylation is 2. The van der Waals surface area contributed by atoms with Gasteiger partial charge in [-0.15, -0.1) is 0 Å². The van der Waals surface area contributed by atoms with Crippen molar-refractivity contribution in [3.8, 4) is 0 Å². The molecule has 4 heteroatoms. The molecule has 0 amide bonds. The number of hydrogen-bond acceptors (Lipinski definition) is 1. The Labute approximate surface area is 185 Å². The topological polar surface area (TPSA) is 21.9 Å². The Bertz CT molecular complexity index is 1570. The summed E-state index contributed by atoms with van der Waals surface area (Å²) in [7, 11) is 4.30. The Morgan fingerprint density at radius 3 is 1.93 bits per heavy atom. The molecule has 0 aliphatic heterocycles. The zero-order valence-electron chi connectivity index (χ0n) is 16.9. The van der Waals surface area contributed by atoms with Crippen LogP contribution in [0.2, 0.25) is 0 Å². The third-order valence-corrected chi connectivity index (χ3v) is 8.24. The second-order valence-electron chi connectivity index (χ2n) is 7.73. The summed E-state index contributed by atoms with van der Waals surface area (Å²) in [6, 6.07) is 30.9. The van der Waals surface area contributed by atoms with Crippen molar-refractivity contribution >= 4 is 49.3 Å². The van der Waals surface area contributed by atoms with Crippen LogP contribution in [0.5, 0.6) is 0 Å². The third kappa shape index (κ3) is 2.63. The molecule has 0 bridgehead atoms. The van der Waals surface area contributed by atoms with Gasteiger partial charge in [0.15, 0.2) is 0 Å². The van der Waals surface area contributed by atoms with E-state index < -0.39 is 0 Å². The number of anilines is 1. The van der Waals surface area contributed by atoms with Crippen LogP contribution in [0.4, 0.5) is 5.69 Å². The van der Waals surface area contributed by atoms with Gasteiger partial charge in [0.25, 0.3) is 0 Å². The second kappa shape index (κ2) is 6.77. The fourth-order valence-electron chi connectivity index (χ4n) is 4.53. The van der Waals surface area contributed by atoms with Gasteiger partial charge in [-0.25, -0.2) is 0 Å². The van der Waals surface area contributed by atoms with Gasteiger partial charge in [-0.1, -0.05) is 0 Å². The van der Waals surface area contributed by atoms with E-state index in [1.165, 1.54) is 52.9 Å². The van der Waals surface area contributed by atoms with Gasteiger partial charge in [0, 0.05) is 0 Å². The van der Waals surface area contributed by atoms with E-state index in [-0.39, 0.29) is 21.5 Å². The molecule has 0 aliphatic rings. The van der Waals surface area contributed by atoms with E-state index >= 15 is 0 Å². The number of fused-ring (bicyclic) bond motifs is 6. The molecule has 0 radical (unpaired) electrons. The zero-order chi connectivity index (χ0) is 20.2. The predicted octanol–water partition coefficient (Wildman–Crippen LogP) is 3.26. The molecule has 0 saturated carbocycles. The van der Waals surface area contributed by atoms with Crippen LogP contribution in [0.25, 0.3) is 43.6 Å². The molecule has 4 aromatic carbocycles. The molecule has 0 fully saturated rings. The summed E-state index contributed by atoms with van der Waals surface area (Å²) in [5, 5.41) is 5.31. The van der Waals surface area contributed by atoms with E-state index in [9.17, 15) is 0 Å². The van der Waals surface area contributed by atoms with Crippen LogP contribution in [0.1, 0.15) is 0 Å². The normalized spacial score (nSPS) is 11.9. The summed E-state index contributed by atoms with van der Waals surface area (Å²) < 4.78 is 9.71. The third-order valence-electron chi connectivity index (χ3n) is 6.06. The first-order valence-electron chi connectivity index (χ1n) is 10.0. The van der Waals surface area contributed by atoms with Crippen LogP contribution in [-0.4, -0.2) is 9.13 Å². The minimum absolute atomic E-state index is 0.333. The van der Waals surface area contributed by atoms with Gasteiger partial charge in [-0.05, 0) is 0 Å². The molecule has 30 heavy (non-hydrogen) atoms. The Morgan fingerprint density at radius 2 is 1.17 bits per heavy atom. The van der Waals surface area contributed by atoms with Crippen molar-refractivity contribution in [2.45, 2.75) is 0 Å². The Balaban J connectivity index is 1.35. The van der Waals surface area contributed by atoms with Gasteiger partial charge in [-0.3, -0.25) is 0 Å². The van der Waals surface area contributed by atoms with Crippen molar-refractivity contribution in [3.05, 3.63) is 88.5 Å². The number of rotatable bonds is 3. The van der Waals surface area contributed by atoms with Crippen LogP contribution in [0, 0.1) is 3.57 Å². The quantitative estimate of drug-likeness (QED) is 0.291. The molecule has 0 spiro atoms. The maximum atomic E-state index is 3.73. The minimum atomic E-state index is -0.333. The summed E-state index contributed by atoms with van der Waals surface area (Å²) >= 11 is -0.333. The second-order valence-corrected chi connectivity index (χ2v) is 10.1. The first kappa shape index (κ1) is 17.8. The Hall–Kier alpha value is -2.99. The molecule has 6 aromatic rings. The van der Waals surface area contributed by atoms with Crippen molar-refractivity contribution in [2.24, 2.45) is 14.1 Å². The van der Waals surface area contributed by atoms with E-state index in [4.69, 9.17) is 0 Å². The summed E-state index contributed by atoms with van der Waals surface area (Å²) in [5.74, 6) is 0. The summed E-state index contributed by atoms with van der Waals surface area (Å²) in [6.45, 7) is 0. The van der Waals surface area contributed by atoms with Crippen molar-refractivity contribution in [2.75, 3.05) is 3.53 Å². The summed E-state index contributed by atoms with van der Waals surface area (Å²) in [6.07, 6.45) is 0. The van der Waals surface area contributed by atoms with Gasteiger partial charge < -0.3 is 0 Å². The number of aromatic nitrogens is 2. The van der Waals surface area contributed by atoms with Crippen molar-refractivity contribution in [1.29, 1.82) is 0 Å². The van der Waals surface area contributed by atoms with E-state index in [0.717, 1.165) is 0 Å². The van der Waals surface area contributed by atoms with Gasteiger partial charge in [0.1, 0.15) is 0 Å². The maximum absolute atomic E-state index is 3.73. The SMILES string of the molecule is Cn1c2ccccc2c2cc([I-]Nc3ccc4c5ccccc5n(C)c4c3)ccc21. The molecule has 148 valence electrons. The first-order chi connectivity index (χ1) is 14.7. The number of benzene rings is 4. The van der Waals surface area contributed by atoms with Crippen molar-refractivity contribution < 1.29 is 21.5 Å². The molecular formula is C26H21IN3-. The molecule has 0 saturated heterocycles. The number of para-hydroxylation sites is 2. The number of nitrogens with zero attached hydrogens (tertiary/aromatic N) is 2. The molecular weight excluding hydrogens is 481 g/mol. The van der Waals surface area contributed by atoms with Crippen LogP contribution in [-0.2, 0) is 14.1 Å². The van der Waals surface area contributed by atoms with Crippen LogP contribution in [0.3, 0.4) is 0 Å². The molecule has 0 aliphatic carbocycles. The van der Waals surface area contributed by atoms with Crippen LogP contribution < -0.4 is 25.0 Å². The van der Waals surface area contributed by atoms with E-state index in [1.54, 1.807) is 0 Å². The summed E-state index contributed by atoms with van der Waals surface area (Å²) in [5.41, 5.74) is 6.33. The Kier molecular flexibility index (Phi) is 4.03. The number of nitrogens with one attached hydrogen (secondary N) is 1. The average molecular weight is 502 g/mol. The van der Waals surface area contributed by atoms with Crippen LogP contribution >= 0.6 is 0 Å².